The van der Waals surface area contributed by atoms with Crippen LogP contribution in [0.5, 0.6) is 11.5 Å². The lowest BCUT2D eigenvalue weighted by molar-refractivity contribution is -0.132. The molecule has 1 aromatic carbocycles. The van der Waals surface area contributed by atoms with E-state index in [0.717, 1.165) is 9.80 Å². The molecule has 0 aromatic heterocycles. The third kappa shape index (κ3) is 5.57. The predicted molar refractivity (Wildman–Crippen MR) is 118 cm³/mol. The number of hydrogen-bond donors (Lipinski definition) is 4. The molecule has 2 saturated heterocycles. The van der Waals surface area contributed by atoms with Gasteiger partial charge in [-0.2, -0.15) is 0 Å². The third-order valence-corrected chi connectivity index (χ3v) is 5.38. The van der Waals surface area contributed by atoms with E-state index in [-0.39, 0.29) is 26.3 Å². The first-order valence-electron chi connectivity index (χ1n) is 10.8. The zero-order chi connectivity index (χ0) is 25.3. The van der Waals surface area contributed by atoms with Crippen LogP contribution in [0.1, 0.15) is 27.7 Å². The average molecular weight is 479 g/mol. The maximum absolute atomic E-state index is 12.2. The van der Waals surface area contributed by atoms with Crippen LogP contribution in [-0.4, -0.2) is 93.5 Å². The van der Waals surface area contributed by atoms with Crippen LogP contribution in [0.15, 0.2) is 24.3 Å². The lowest BCUT2D eigenvalue weighted by Crippen LogP contribution is -2.42. The quantitative estimate of drug-likeness (QED) is 0.338. The van der Waals surface area contributed by atoms with Crippen LogP contribution < -0.4 is 20.1 Å². The van der Waals surface area contributed by atoms with Gasteiger partial charge in [0.2, 0.25) is 0 Å². The number of benzene rings is 1. The van der Waals surface area contributed by atoms with Crippen molar-refractivity contribution in [2.75, 3.05) is 26.3 Å². The second-order valence-electron chi connectivity index (χ2n) is 9.34. The Morgan fingerprint density at radius 3 is 1.32 bits per heavy atom. The molecule has 0 bridgehead atoms. The van der Waals surface area contributed by atoms with E-state index in [1.165, 1.54) is 0 Å². The Kier molecular flexibility index (Phi) is 7.03. The minimum atomic E-state index is -1.08. The highest BCUT2D eigenvalue weighted by molar-refractivity contribution is 6.07. The smallest absolute Gasteiger partial charge is 0.325 e. The van der Waals surface area contributed by atoms with Gasteiger partial charge in [0.05, 0.1) is 13.1 Å². The maximum atomic E-state index is 12.2. The monoisotopic (exact) mass is 478 g/mol. The van der Waals surface area contributed by atoms with Crippen molar-refractivity contribution in [2.24, 2.45) is 0 Å². The zero-order valence-electron chi connectivity index (χ0n) is 19.5. The van der Waals surface area contributed by atoms with Crippen molar-refractivity contribution in [3.05, 3.63) is 24.3 Å². The fourth-order valence-electron chi connectivity index (χ4n) is 3.51. The zero-order valence-corrected chi connectivity index (χ0v) is 19.5. The highest BCUT2D eigenvalue weighted by atomic mass is 16.5. The first-order valence-corrected chi connectivity index (χ1v) is 10.8. The van der Waals surface area contributed by atoms with Crippen LogP contribution >= 0.6 is 0 Å². The number of nitrogens with one attached hydrogen (secondary N) is 2. The largest absolute Gasteiger partial charge is 0.491 e. The van der Waals surface area contributed by atoms with Crippen molar-refractivity contribution in [3.8, 4) is 11.5 Å². The van der Waals surface area contributed by atoms with Crippen molar-refractivity contribution < 1.29 is 38.9 Å². The molecule has 2 heterocycles. The van der Waals surface area contributed by atoms with E-state index in [1.807, 2.05) is 0 Å². The Balaban J connectivity index is 1.42. The molecule has 12 heteroatoms. The van der Waals surface area contributed by atoms with Gasteiger partial charge in [-0.05, 0) is 52.0 Å². The van der Waals surface area contributed by atoms with Gasteiger partial charge in [-0.15, -0.1) is 0 Å². The van der Waals surface area contributed by atoms with Crippen molar-refractivity contribution >= 4 is 23.9 Å². The van der Waals surface area contributed by atoms with Crippen molar-refractivity contribution in [1.82, 2.24) is 20.4 Å². The first-order chi connectivity index (χ1) is 15.8. The molecule has 34 heavy (non-hydrogen) atoms. The average Bonchev–Trinajstić information content (AvgIpc) is 3.07. The van der Waals surface area contributed by atoms with Crippen LogP contribution in [-0.2, 0) is 9.59 Å². The summed E-state index contributed by atoms with van der Waals surface area (Å²) in [7, 11) is 0. The molecule has 186 valence electrons. The number of hydrogen-bond acceptors (Lipinski definition) is 8. The van der Waals surface area contributed by atoms with E-state index < -0.39 is 47.2 Å². The first kappa shape index (κ1) is 25.2. The molecule has 0 unspecified atom stereocenters. The minimum Gasteiger partial charge on any atom is -0.491 e. The van der Waals surface area contributed by atoms with Gasteiger partial charge < -0.3 is 30.3 Å². The second-order valence-corrected chi connectivity index (χ2v) is 9.34. The highest BCUT2D eigenvalue weighted by Crippen LogP contribution is 2.20. The molecule has 2 fully saturated rings. The molecule has 2 aliphatic heterocycles. The third-order valence-electron chi connectivity index (χ3n) is 5.38. The summed E-state index contributed by atoms with van der Waals surface area (Å²) in [6.45, 7) is 5.68. The molecule has 2 atom stereocenters. The number of aliphatic hydroxyl groups is 2. The van der Waals surface area contributed by atoms with E-state index in [0.29, 0.717) is 11.5 Å². The number of aliphatic hydroxyl groups excluding tert-OH is 2. The summed E-state index contributed by atoms with van der Waals surface area (Å²) in [5.74, 6) is 0.00874. The number of imide groups is 2. The lowest BCUT2D eigenvalue weighted by atomic mass is 10.1. The second kappa shape index (κ2) is 9.47. The SMILES string of the molecule is CC1(C)NC(=O)N(C[C@H](O)COc2ccc(OC[C@@H](O)CN3C(=O)NC(C)(C)C3=O)cc2)C1=O. The Hall–Kier alpha value is -3.38. The normalized spacial score (nSPS) is 20.8. The van der Waals surface area contributed by atoms with Gasteiger partial charge in [-0.1, -0.05) is 0 Å². The summed E-state index contributed by atoms with van der Waals surface area (Å²) in [6.07, 6.45) is -2.16. The van der Waals surface area contributed by atoms with Crippen LogP contribution in [0.4, 0.5) is 9.59 Å². The molecule has 6 amide bonds. The van der Waals surface area contributed by atoms with Gasteiger partial charge in [0.25, 0.3) is 11.8 Å². The van der Waals surface area contributed by atoms with Crippen LogP contribution in [0.2, 0.25) is 0 Å². The van der Waals surface area contributed by atoms with Crippen molar-refractivity contribution in [3.63, 3.8) is 0 Å². The summed E-state index contributed by atoms with van der Waals surface area (Å²) < 4.78 is 11.0. The Labute approximate surface area is 196 Å². The van der Waals surface area contributed by atoms with E-state index in [1.54, 1.807) is 52.0 Å². The summed E-state index contributed by atoms with van der Waals surface area (Å²) in [5, 5.41) is 25.4. The summed E-state index contributed by atoms with van der Waals surface area (Å²) in [6, 6.07) is 5.24. The van der Waals surface area contributed by atoms with Crippen molar-refractivity contribution in [2.45, 2.75) is 51.0 Å². The number of urea groups is 2. The number of nitrogens with zero attached hydrogens (tertiary/aromatic N) is 2. The van der Waals surface area contributed by atoms with E-state index in [2.05, 4.69) is 10.6 Å². The van der Waals surface area contributed by atoms with E-state index in [4.69, 9.17) is 9.47 Å². The summed E-state index contributed by atoms with van der Waals surface area (Å²) in [4.78, 5) is 50.0. The van der Waals surface area contributed by atoms with Gasteiger partial charge in [0.15, 0.2) is 0 Å². The molecule has 2 aliphatic rings. The summed E-state index contributed by atoms with van der Waals surface area (Å²) >= 11 is 0. The molecule has 3 rings (SSSR count). The van der Waals surface area contributed by atoms with Crippen LogP contribution in [0.3, 0.4) is 0 Å². The van der Waals surface area contributed by atoms with Gasteiger partial charge >= 0.3 is 12.1 Å². The highest BCUT2D eigenvalue weighted by Gasteiger charge is 2.45. The fourth-order valence-corrected chi connectivity index (χ4v) is 3.51. The molecular formula is C22H30N4O8. The summed E-state index contributed by atoms with van der Waals surface area (Å²) in [5.41, 5.74) is -2.01. The molecule has 12 nitrogen and oxygen atoms in total. The lowest BCUT2D eigenvalue weighted by Gasteiger charge is -2.20. The Morgan fingerprint density at radius 1 is 0.735 bits per heavy atom. The van der Waals surface area contributed by atoms with Gasteiger partial charge in [0.1, 0.15) is 48.0 Å². The number of carbonyl (C=O) groups is 4. The predicted octanol–water partition coefficient (Wildman–Crippen LogP) is -0.173. The number of carbonyl (C=O) groups excluding carboxylic acids is 4. The van der Waals surface area contributed by atoms with E-state index >= 15 is 0 Å². The van der Waals surface area contributed by atoms with Crippen molar-refractivity contribution in [1.29, 1.82) is 0 Å². The molecule has 0 aliphatic carbocycles. The van der Waals surface area contributed by atoms with E-state index in [9.17, 15) is 29.4 Å². The number of β-amino-alcohol motifs (C(OH)–C–C–N with tert-alkyl or cyclic N) is 2. The molecule has 0 saturated carbocycles. The molecular weight excluding hydrogens is 448 g/mol. The molecule has 0 radical (unpaired) electrons. The fraction of sp³-hybridized carbons (Fsp3) is 0.545. The molecule has 1 aromatic rings. The van der Waals surface area contributed by atoms with Gasteiger partial charge in [0, 0.05) is 0 Å². The Morgan fingerprint density at radius 2 is 1.06 bits per heavy atom. The number of ether oxygens (including phenoxy) is 2. The standard InChI is InChI=1S/C22H30N4O8/c1-21(2)17(29)25(19(31)23-21)9-13(27)11-33-15-5-7-16(8-6-15)34-12-14(28)10-26-18(30)22(3,4)24-20(26)32/h5-8,13-14,27-28H,9-12H2,1-4H3,(H,23,31)(H,24,32)/t13-,14-/m0/s1. The number of amides is 6. The minimum absolute atomic E-state index is 0.140. The maximum Gasteiger partial charge on any atom is 0.325 e. The van der Waals surface area contributed by atoms with Gasteiger partial charge in [-0.25, -0.2) is 9.59 Å². The molecule has 0 spiro atoms. The van der Waals surface area contributed by atoms with Gasteiger partial charge in [-0.3, -0.25) is 19.4 Å². The van der Waals surface area contributed by atoms with Crippen LogP contribution in [0, 0.1) is 0 Å². The topological polar surface area (TPSA) is 158 Å². The number of rotatable bonds is 10. The van der Waals surface area contributed by atoms with Crippen LogP contribution in [0.25, 0.3) is 0 Å². The Bertz CT molecular complexity index is 885. The molecule has 4 N–H and O–H groups in total.